The third-order valence-electron chi connectivity index (χ3n) is 2.73. The molecule has 164 valence electrons. The minimum atomic E-state index is -0.667. The number of hydrogen-bond donors (Lipinski definition) is 9. The summed E-state index contributed by atoms with van der Waals surface area (Å²) in [7, 11) is 0. The van der Waals surface area contributed by atoms with E-state index < -0.39 is 5.41 Å². The molecule has 0 saturated heterocycles. The van der Waals surface area contributed by atoms with E-state index in [4.69, 9.17) is 15.3 Å². The van der Waals surface area contributed by atoms with E-state index >= 15 is 0 Å². The summed E-state index contributed by atoms with van der Waals surface area (Å²) in [5.74, 6) is 1.80. The number of carbonyl (C=O) groups excluding carboxylic acids is 3. The van der Waals surface area contributed by atoms with Crippen LogP contribution in [0.4, 0.5) is 0 Å². The summed E-state index contributed by atoms with van der Waals surface area (Å²) in [6.45, 7) is 1.35. The van der Waals surface area contributed by atoms with Crippen LogP contribution in [0.15, 0.2) is 0 Å². The van der Waals surface area contributed by atoms with Crippen LogP contribution in [0.2, 0.25) is 0 Å². The first kappa shape index (κ1) is 35.4. The summed E-state index contributed by atoms with van der Waals surface area (Å²) < 4.78 is 0. The van der Waals surface area contributed by atoms with Gasteiger partial charge in [0.05, 0.1) is 19.8 Å². The van der Waals surface area contributed by atoms with Crippen LogP contribution in [0.1, 0.15) is 32.6 Å². The highest BCUT2D eigenvalue weighted by Gasteiger charge is 2.24. The van der Waals surface area contributed by atoms with E-state index in [-0.39, 0.29) is 35.2 Å². The molecule has 0 amide bonds. The van der Waals surface area contributed by atoms with Gasteiger partial charge in [-0.1, -0.05) is 6.92 Å². The quantitative estimate of drug-likeness (QED) is 0.211. The highest BCUT2D eigenvalue weighted by Crippen LogP contribution is 2.18. The van der Waals surface area contributed by atoms with Gasteiger partial charge >= 0.3 is 0 Å². The summed E-state index contributed by atoms with van der Waals surface area (Å²) in [5.41, 5.74) is -0.667. The Morgan fingerprint density at radius 3 is 0.889 bits per heavy atom. The molecule has 0 radical (unpaired) electrons. The van der Waals surface area contributed by atoms with Crippen molar-refractivity contribution in [3.05, 3.63) is 0 Å². The summed E-state index contributed by atoms with van der Waals surface area (Å²) in [5, 5.41) is 25.7. The van der Waals surface area contributed by atoms with E-state index in [2.05, 4.69) is 75.8 Å². The number of carbonyl (C=O) groups is 3. The molecular weight excluding hydrogens is 469 g/mol. The van der Waals surface area contributed by atoms with Crippen LogP contribution in [0, 0.1) is 5.41 Å². The molecule has 12 heteroatoms. The molecule has 0 aliphatic carbocycles. The fourth-order valence-corrected chi connectivity index (χ4v) is 2.25. The normalized spacial score (nSPS) is 9.56. The standard InChI is InChI=1S/C6H14O3.3C3H6OS2/c1-2-6(3-7,4-8)5-9;3*4-3(6)1-2-5/h7-9H,2-5H2,1H3;3*5H,1-2H2,(H,4,6). The van der Waals surface area contributed by atoms with E-state index in [1.54, 1.807) is 0 Å². The maximum absolute atomic E-state index is 9.86. The lowest BCUT2D eigenvalue weighted by Gasteiger charge is -2.24. The summed E-state index contributed by atoms with van der Waals surface area (Å²) in [4.78, 5) is 29.6. The van der Waals surface area contributed by atoms with Crippen molar-refractivity contribution >= 4 is 91.1 Å². The van der Waals surface area contributed by atoms with E-state index in [1.807, 2.05) is 6.92 Å². The molecule has 0 fully saturated rings. The predicted octanol–water partition coefficient (Wildman–Crippen LogP) is 1.65. The van der Waals surface area contributed by atoms with Crippen molar-refractivity contribution in [2.45, 2.75) is 32.6 Å². The van der Waals surface area contributed by atoms with Crippen LogP contribution in [-0.2, 0) is 14.4 Å². The van der Waals surface area contributed by atoms with E-state index in [0.717, 1.165) is 0 Å². The largest absolute Gasteiger partial charge is 0.396 e. The number of aliphatic hydroxyl groups excluding tert-OH is 3. The maximum atomic E-state index is 9.86. The Morgan fingerprint density at radius 1 is 0.667 bits per heavy atom. The molecular formula is C15H32O6S6. The SMILES string of the molecule is CCC(CO)(CO)CO.O=C(S)CCS.O=C(S)CCS.O=C(S)CCS. The van der Waals surface area contributed by atoms with Gasteiger partial charge in [0.2, 0.25) is 0 Å². The van der Waals surface area contributed by atoms with Crippen LogP contribution in [0.25, 0.3) is 0 Å². The zero-order valence-corrected chi connectivity index (χ0v) is 20.7. The van der Waals surface area contributed by atoms with E-state index in [1.165, 1.54) is 0 Å². The van der Waals surface area contributed by atoms with Crippen molar-refractivity contribution in [2.24, 2.45) is 5.41 Å². The lowest BCUT2D eigenvalue weighted by Crippen LogP contribution is -2.32. The van der Waals surface area contributed by atoms with Gasteiger partial charge in [-0.25, -0.2) is 0 Å². The highest BCUT2D eigenvalue weighted by atomic mass is 32.1. The molecule has 0 aromatic carbocycles. The molecule has 27 heavy (non-hydrogen) atoms. The second-order valence-corrected chi connectivity index (χ2v) is 7.77. The van der Waals surface area contributed by atoms with Crippen LogP contribution in [0.5, 0.6) is 0 Å². The molecule has 0 aliphatic heterocycles. The first-order valence-electron chi connectivity index (χ1n) is 7.86. The minimum Gasteiger partial charge on any atom is -0.396 e. The lowest BCUT2D eigenvalue weighted by molar-refractivity contribution is -0.111. The molecule has 0 aromatic heterocycles. The van der Waals surface area contributed by atoms with Crippen LogP contribution >= 0.6 is 75.8 Å². The smallest absolute Gasteiger partial charge is 0.186 e. The Labute approximate surface area is 195 Å². The van der Waals surface area contributed by atoms with Gasteiger partial charge in [0.15, 0.2) is 15.3 Å². The van der Waals surface area contributed by atoms with Crippen LogP contribution in [-0.4, -0.2) is 67.7 Å². The summed E-state index contributed by atoms with van der Waals surface area (Å²) in [6.07, 6.45) is 1.99. The van der Waals surface area contributed by atoms with Gasteiger partial charge in [-0.2, -0.15) is 37.9 Å². The molecule has 0 atom stereocenters. The number of hydrogen-bond acceptors (Lipinski definition) is 9. The fourth-order valence-electron chi connectivity index (χ4n) is 0.772. The van der Waals surface area contributed by atoms with Gasteiger partial charge in [0, 0.05) is 24.7 Å². The Kier molecular flexibility index (Phi) is 35.4. The van der Waals surface area contributed by atoms with Gasteiger partial charge in [-0.05, 0) is 23.7 Å². The molecule has 0 saturated carbocycles. The zero-order valence-electron chi connectivity index (χ0n) is 15.3. The van der Waals surface area contributed by atoms with Crippen molar-refractivity contribution in [3.8, 4) is 0 Å². The number of aliphatic hydroxyl groups is 3. The topological polar surface area (TPSA) is 112 Å². The van der Waals surface area contributed by atoms with Crippen molar-refractivity contribution in [3.63, 3.8) is 0 Å². The molecule has 0 unspecified atom stereocenters. The predicted molar refractivity (Wildman–Crippen MR) is 131 cm³/mol. The monoisotopic (exact) mass is 500 g/mol. The van der Waals surface area contributed by atoms with Gasteiger partial charge in [0.1, 0.15) is 0 Å². The molecule has 0 bridgehead atoms. The van der Waals surface area contributed by atoms with Crippen molar-refractivity contribution in [1.82, 2.24) is 0 Å². The van der Waals surface area contributed by atoms with Gasteiger partial charge in [0.25, 0.3) is 0 Å². The minimum absolute atomic E-state index is 0.0926. The number of thiol groups is 6. The summed E-state index contributed by atoms with van der Waals surface area (Å²) >= 11 is 21.8. The Hall–Kier alpha value is 0.990. The average molecular weight is 501 g/mol. The third kappa shape index (κ3) is 34.9. The summed E-state index contributed by atoms with van der Waals surface area (Å²) in [6, 6.07) is 0. The van der Waals surface area contributed by atoms with Crippen LogP contribution in [0.3, 0.4) is 0 Å². The van der Waals surface area contributed by atoms with Gasteiger partial charge < -0.3 is 15.3 Å². The van der Waals surface area contributed by atoms with Crippen molar-refractivity contribution in [2.75, 3.05) is 37.1 Å². The zero-order chi connectivity index (χ0) is 22.3. The second-order valence-electron chi connectivity index (χ2n) is 4.93. The third-order valence-corrected chi connectivity index (χ3v) is 4.07. The van der Waals surface area contributed by atoms with Gasteiger partial charge in [-0.3, -0.25) is 14.4 Å². The van der Waals surface area contributed by atoms with Crippen LogP contribution < -0.4 is 0 Å². The first-order valence-corrected chi connectivity index (χ1v) is 11.1. The van der Waals surface area contributed by atoms with E-state index in [9.17, 15) is 14.4 Å². The molecule has 6 nitrogen and oxygen atoms in total. The van der Waals surface area contributed by atoms with Crippen molar-refractivity contribution in [1.29, 1.82) is 0 Å². The Morgan fingerprint density at radius 2 is 0.889 bits per heavy atom. The lowest BCUT2D eigenvalue weighted by atomic mass is 9.88. The Balaban J connectivity index is -0.000000133. The number of rotatable bonds is 10. The second kappa shape index (κ2) is 27.0. The molecule has 0 rings (SSSR count). The van der Waals surface area contributed by atoms with Gasteiger partial charge in [-0.15, -0.1) is 37.9 Å². The molecule has 0 aromatic rings. The van der Waals surface area contributed by atoms with Crippen molar-refractivity contribution < 1.29 is 29.7 Å². The first-order chi connectivity index (χ1) is 12.6. The molecule has 0 heterocycles. The maximum Gasteiger partial charge on any atom is 0.186 e. The molecule has 0 aliphatic rings. The molecule has 0 spiro atoms. The van der Waals surface area contributed by atoms with E-state index in [0.29, 0.717) is 42.9 Å². The molecule has 3 N–H and O–H groups in total. The average Bonchev–Trinajstić information content (AvgIpc) is 2.59. The fraction of sp³-hybridized carbons (Fsp3) is 0.800. The Bertz CT molecular complexity index is 311. The highest BCUT2D eigenvalue weighted by molar-refractivity contribution is 7.97.